The van der Waals surface area contributed by atoms with Gasteiger partial charge in [-0.15, -0.1) is 0 Å². The second-order valence-corrected chi connectivity index (χ2v) is 4.98. The van der Waals surface area contributed by atoms with Crippen LogP contribution in [0, 0.1) is 17.2 Å². The number of amides is 1. The first-order chi connectivity index (χ1) is 8.65. The predicted octanol–water partition coefficient (Wildman–Crippen LogP) is 0.466. The number of primary amides is 1. The fraction of sp³-hybridized carbons (Fsp3) is 0.846. The van der Waals surface area contributed by atoms with Gasteiger partial charge in [0.25, 0.3) is 0 Å². The maximum Gasteiger partial charge on any atom is 0.217 e. The number of nitrogens with two attached hydrogens (primary N) is 1. The topological polar surface area (TPSA) is 82.2 Å². The van der Waals surface area contributed by atoms with Gasteiger partial charge in [0, 0.05) is 13.0 Å². The van der Waals surface area contributed by atoms with Crippen LogP contribution in [0.25, 0.3) is 0 Å². The van der Waals surface area contributed by atoms with Crippen LogP contribution in [0.1, 0.15) is 32.6 Å². The largest absolute Gasteiger partial charge is 0.370 e. The molecular weight excluding hydrogens is 228 g/mol. The summed E-state index contributed by atoms with van der Waals surface area (Å²) in [5.74, 6) is 0.268. The van der Waals surface area contributed by atoms with Gasteiger partial charge in [-0.25, -0.2) is 0 Å². The molecule has 0 spiro atoms. The van der Waals surface area contributed by atoms with E-state index in [-0.39, 0.29) is 11.9 Å². The van der Waals surface area contributed by atoms with Gasteiger partial charge in [-0.05, 0) is 44.8 Å². The van der Waals surface area contributed by atoms with E-state index in [1.807, 2.05) is 6.92 Å². The van der Waals surface area contributed by atoms with Crippen LogP contribution in [-0.4, -0.2) is 43.0 Å². The van der Waals surface area contributed by atoms with Crippen molar-refractivity contribution in [1.82, 2.24) is 10.2 Å². The summed E-state index contributed by atoms with van der Waals surface area (Å²) in [5, 5.41) is 12.1. The van der Waals surface area contributed by atoms with E-state index in [4.69, 9.17) is 11.0 Å². The highest BCUT2D eigenvalue weighted by Gasteiger charge is 2.20. The van der Waals surface area contributed by atoms with Gasteiger partial charge in [-0.1, -0.05) is 6.92 Å². The van der Waals surface area contributed by atoms with E-state index in [2.05, 4.69) is 16.3 Å². The van der Waals surface area contributed by atoms with Gasteiger partial charge in [-0.3, -0.25) is 4.79 Å². The average molecular weight is 252 g/mol. The Balaban J connectivity index is 2.19. The van der Waals surface area contributed by atoms with E-state index in [0.29, 0.717) is 12.3 Å². The third kappa shape index (κ3) is 5.48. The molecule has 0 aromatic rings. The van der Waals surface area contributed by atoms with Gasteiger partial charge in [0.2, 0.25) is 5.91 Å². The van der Waals surface area contributed by atoms with Crippen molar-refractivity contribution in [1.29, 1.82) is 5.26 Å². The molecule has 0 aliphatic carbocycles. The summed E-state index contributed by atoms with van der Waals surface area (Å²) >= 11 is 0. The second-order valence-electron chi connectivity index (χ2n) is 4.98. The fourth-order valence-electron chi connectivity index (χ4n) is 2.47. The monoisotopic (exact) mass is 252 g/mol. The number of hydrogen-bond donors (Lipinski definition) is 2. The van der Waals surface area contributed by atoms with Crippen molar-refractivity contribution >= 4 is 5.91 Å². The lowest BCUT2D eigenvalue weighted by Crippen LogP contribution is -2.38. The van der Waals surface area contributed by atoms with Gasteiger partial charge >= 0.3 is 0 Å². The van der Waals surface area contributed by atoms with Crippen LogP contribution >= 0.6 is 0 Å². The summed E-state index contributed by atoms with van der Waals surface area (Å²) in [6, 6.07) is 2.24. The zero-order valence-corrected chi connectivity index (χ0v) is 11.2. The summed E-state index contributed by atoms with van der Waals surface area (Å²) in [6.45, 7) is 5.83. The van der Waals surface area contributed by atoms with Gasteiger partial charge < -0.3 is 16.0 Å². The number of carbonyl (C=O) groups excluding carboxylic acids is 1. The molecule has 1 amide bonds. The lowest BCUT2D eigenvalue weighted by atomic mass is 9.93. The van der Waals surface area contributed by atoms with Crippen molar-refractivity contribution in [3.8, 4) is 6.07 Å². The SMILES string of the molecule is CCNC(C#N)CCN1CCC(CC(N)=O)CC1. The van der Waals surface area contributed by atoms with Crippen molar-refractivity contribution in [3.05, 3.63) is 0 Å². The number of carbonyl (C=O) groups is 1. The van der Waals surface area contributed by atoms with Crippen LogP contribution in [-0.2, 0) is 4.79 Å². The maximum absolute atomic E-state index is 10.8. The molecule has 0 saturated carbocycles. The first-order valence-electron chi connectivity index (χ1n) is 6.79. The van der Waals surface area contributed by atoms with E-state index in [1.165, 1.54) is 0 Å². The Morgan fingerprint density at radius 1 is 1.56 bits per heavy atom. The van der Waals surface area contributed by atoms with Gasteiger partial charge in [0.15, 0.2) is 0 Å². The number of rotatable bonds is 7. The molecule has 18 heavy (non-hydrogen) atoms. The molecule has 0 radical (unpaired) electrons. The third-order valence-corrected chi connectivity index (χ3v) is 3.54. The molecule has 1 heterocycles. The number of piperidine rings is 1. The first-order valence-corrected chi connectivity index (χ1v) is 6.79. The standard InChI is InChI=1S/C13H24N4O/c1-2-16-12(10-14)5-8-17-6-3-11(4-7-17)9-13(15)18/h11-12,16H,2-9H2,1H3,(H2,15,18). The molecule has 1 fully saturated rings. The van der Waals surface area contributed by atoms with E-state index >= 15 is 0 Å². The molecule has 1 rings (SSSR count). The van der Waals surface area contributed by atoms with E-state index in [9.17, 15) is 4.79 Å². The van der Waals surface area contributed by atoms with Crippen molar-refractivity contribution in [2.24, 2.45) is 11.7 Å². The van der Waals surface area contributed by atoms with E-state index in [1.54, 1.807) is 0 Å². The lowest BCUT2D eigenvalue weighted by molar-refractivity contribution is -0.119. The molecule has 1 saturated heterocycles. The van der Waals surface area contributed by atoms with E-state index in [0.717, 1.165) is 45.4 Å². The van der Waals surface area contributed by atoms with Crippen LogP contribution in [0.3, 0.4) is 0 Å². The van der Waals surface area contributed by atoms with Crippen LogP contribution < -0.4 is 11.1 Å². The summed E-state index contributed by atoms with van der Waals surface area (Å²) in [6.07, 6.45) is 3.47. The molecule has 0 aromatic carbocycles. The number of likely N-dealkylation sites (tertiary alicyclic amines) is 1. The lowest BCUT2D eigenvalue weighted by Gasteiger charge is -2.31. The summed E-state index contributed by atoms with van der Waals surface area (Å²) in [5.41, 5.74) is 5.21. The molecule has 0 aromatic heterocycles. The zero-order chi connectivity index (χ0) is 13.4. The summed E-state index contributed by atoms with van der Waals surface area (Å²) in [4.78, 5) is 13.2. The minimum absolute atomic E-state index is 0.0432. The zero-order valence-electron chi connectivity index (χ0n) is 11.2. The highest BCUT2D eigenvalue weighted by molar-refractivity contribution is 5.73. The quantitative estimate of drug-likeness (QED) is 0.690. The summed E-state index contributed by atoms with van der Waals surface area (Å²) < 4.78 is 0. The number of nitrogens with zero attached hydrogens (tertiary/aromatic N) is 2. The Labute approximate surface area is 109 Å². The minimum atomic E-state index is -0.190. The van der Waals surface area contributed by atoms with Gasteiger partial charge in [0.05, 0.1) is 12.1 Å². The normalized spacial score (nSPS) is 19.3. The number of nitriles is 1. The van der Waals surface area contributed by atoms with E-state index < -0.39 is 0 Å². The predicted molar refractivity (Wildman–Crippen MR) is 70.7 cm³/mol. The Hall–Kier alpha value is -1.12. The molecule has 1 aliphatic heterocycles. The number of hydrogen-bond acceptors (Lipinski definition) is 4. The van der Waals surface area contributed by atoms with Gasteiger partial charge in [0.1, 0.15) is 0 Å². The smallest absolute Gasteiger partial charge is 0.217 e. The van der Waals surface area contributed by atoms with Crippen molar-refractivity contribution in [2.45, 2.75) is 38.6 Å². The maximum atomic E-state index is 10.8. The number of nitrogens with one attached hydrogen (secondary N) is 1. The first kappa shape index (κ1) is 14.9. The van der Waals surface area contributed by atoms with Crippen molar-refractivity contribution in [3.63, 3.8) is 0 Å². The molecule has 5 heteroatoms. The highest BCUT2D eigenvalue weighted by atomic mass is 16.1. The van der Waals surface area contributed by atoms with Crippen molar-refractivity contribution < 1.29 is 4.79 Å². The second kappa shape index (κ2) is 8.06. The highest BCUT2D eigenvalue weighted by Crippen LogP contribution is 2.20. The molecule has 0 bridgehead atoms. The molecule has 1 unspecified atom stereocenters. The Morgan fingerprint density at radius 2 is 2.22 bits per heavy atom. The van der Waals surface area contributed by atoms with Crippen LogP contribution in [0.4, 0.5) is 0 Å². The van der Waals surface area contributed by atoms with Gasteiger partial charge in [-0.2, -0.15) is 5.26 Å². The molecular formula is C13H24N4O. The summed E-state index contributed by atoms with van der Waals surface area (Å²) in [7, 11) is 0. The molecule has 5 nitrogen and oxygen atoms in total. The van der Waals surface area contributed by atoms with Crippen LogP contribution in [0.5, 0.6) is 0 Å². The Bertz CT molecular complexity index is 292. The average Bonchev–Trinajstić information content (AvgIpc) is 2.35. The van der Waals surface area contributed by atoms with Crippen LogP contribution in [0.15, 0.2) is 0 Å². The molecule has 3 N–H and O–H groups in total. The third-order valence-electron chi connectivity index (χ3n) is 3.54. The van der Waals surface area contributed by atoms with Crippen molar-refractivity contribution in [2.75, 3.05) is 26.2 Å². The fourth-order valence-corrected chi connectivity index (χ4v) is 2.47. The van der Waals surface area contributed by atoms with Crippen LogP contribution in [0.2, 0.25) is 0 Å². The Kier molecular flexibility index (Phi) is 6.69. The molecule has 1 aliphatic rings. The molecule has 102 valence electrons. The molecule has 1 atom stereocenters. The minimum Gasteiger partial charge on any atom is -0.370 e. The Morgan fingerprint density at radius 3 is 2.72 bits per heavy atom.